The average Bonchev–Trinajstić information content (AvgIpc) is 2.72. The van der Waals surface area contributed by atoms with Gasteiger partial charge in [-0.05, 0) is 37.5 Å². The topological polar surface area (TPSA) is 4.93 Å². The standard InChI is InChI=1S/C15H17N/c1-15(2,3)16-9-12-8-11-6-4-5-7-13(11)14(12)10-16/h4-7,9-10H,8H2,1-3H3. The minimum absolute atomic E-state index is 0.180. The van der Waals surface area contributed by atoms with E-state index < -0.39 is 0 Å². The zero-order valence-corrected chi connectivity index (χ0v) is 10.1. The number of fused-ring (bicyclic) bond motifs is 3. The predicted molar refractivity (Wildman–Crippen MR) is 67.7 cm³/mol. The van der Waals surface area contributed by atoms with Crippen LogP contribution in [0, 0.1) is 0 Å². The maximum absolute atomic E-state index is 2.33. The second-order valence-electron chi connectivity index (χ2n) is 5.61. The first-order chi connectivity index (χ1) is 7.55. The molecule has 0 aliphatic heterocycles. The van der Waals surface area contributed by atoms with Gasteiger partial charge in [-0.15, -0.1) is 0 Å². The molecule has 0 fully saturated rings. The number of nitrogens with zero attached hydrogens (tertiary/aromatic N) is 1. The molecule has 16 heavy (non-hydrogen) atoms. The largest absolute Gasteiger partial charge is 0.348 e. The van der Waals surface area contributed by atoms with Gasteiger partial charge in [0, 0.05) is 29.9 Å². The molecular formula is C15H17N. The van der Waals surface area contributed by atoms with Gasteiger partial charge >= 0.3 is 0 Å². The number of hydrogen-bond donors (Lipinski definition) is 0. The van der Waals surface area contributed by atoms with Gasteiger partial charge in [-0.1, -0.05) is 24.3 Å². The van der Waals surface area contributed by atoms with Crippen molar-refractivity contribution in [3.05, 3.63) is 47.8 Å². The van der Waals surface area contributed by atoms with Crippen LogP contribution >= 0.6 is 0 Å². The first kappa shape index (κ1) is 9.71. The normalized spacial score (nSPS) is 13.7. The summed E-state index contributed by atoms with van der Waals surface area (Å²) in [5, 5.41) is 0. The van der Waals surface area contributed by atoms with Crippen LogP contribution < -0.4 is 0 Å². The monoisotopic (exact) mass is 211 g/mol. The summed E-state index contributed by atoms with van der Waals surface area (Å²) >= 11 is 0. The van der Waals surface area contributed by atoms with Gasteiger partial charge in [0.1, 0.15) is 0 Å². The molecule has 0 spiro atoms. The molecular weight excluding hydrogens is 194 g/mol. The molecule has 1 heteroatoms. The lowest BCUT2D eigenvalue weighted by atomic mass is 10.1. The highest BCUT2D eigenvalue weighted by molar-refractivity contribution is 5.76. The van der Waals surface area contributed by atoms with Gasteiger partial charge in [-0.3, -0.25) is 0 Å². The summed E-state index contributed by atoms with van der Waals surface area (Å²) in [7, 11) is 0. The molecule has 0 saturated heterocycles. The van der Waals surface area contributed by atoms with Crippen molar-refractivity contribution in [2.24, 2.45) is 0 Å². The highest BCUT2D eigenvalue weighted by Crippen LogP contribution is 2.38. The van der Waals surface area contributed by atoms with E-state index in [-0.39, 0.29) is 5.54 Å². The molecule has 2 aromatic rings. The zero-order valence-electron chi connectivity index (χ0n) is 10.1. The predicted octanol–water partition coefficient (Wildman–Crippen LogP) is 3.81. The molecule has 0 amide bonds. The quantitative estimate of drug-likeness (QED) is 0.533. The molecule has 1 aliphatic carbocycles. The number of hydrogen-bond acceptors (Lipinski definition) is 0. The molecule has 1 aliphatic rings. The Morgan fingerprint density at radius 1 is 0.938 bits per heavy atom. The highest BCUT2D eigenvalue weighted by Gasteiger charge is 2.22. The van der Waals surface area contributed by atoms with Crippen molar-refractivity contribution in [1.82, 2.24) is 4.57 Å². The molecule has 1 aromatic carbocycles. The SMILES string of the molecule is CC(C)(C)n1cc2c(c1)-c1ccccc1C2. The van der Waals surface area contributed by atoms with Crippen LogP contribution in [0.25, 0.3) is 11.1 Å². The van der Waals surface area contributed by atoms with Gasteiger partial charge in [0.2, 0.25) is 0 Å². The van der Waals surface area contributed by atoms with Crippen LogP contribution in [0.1, 0.15) is 31.9 Å². The van der Waals surface area contributed by atoms with Crippen molar-refractivity contribution in [3.8, 4) is 11.1 Å². The third-order valence-electron chi connectivity index (χ3n) is 3.37. The first-order valence-corrected chi connectivity index (χ1v) is 5.85. The van der Waals surface area contributed by atoms with Gasteiger partial charge < -0.3 is 4.57 Å². The molecule has 0 radical (unpaired) electrons. The lowest BCUT2D eigenvalue weighted by molar-refractivity contribution is 0.398. The van der Waals surface area contributed by atoms with Crippen molar-refractivity contribution in [1.29, 1.82) is 0 Å². The summed E-state index contributed by atoms with van der Waals surface area (Å²) < 4.78 is 2.33. The van der Waals surface area contributed by atoms with E-state index in [4.69, 9.17) is 0 Å². The minimum Gasteiger partial charge on any atom is -0.348 e. The van der Waals surface area contributed by atoms with E-state index in [1.165, 1.54) is 22.3 Å². The zero-order chi connectivity index (χ0) is 11.3. The molecule has 82 valence electrons. The van der Waals surface area contributed by atoms with Crippen molar-refractivity contribution in [3.63, 3.8) is 0 Å². The van der Waals surface area contributed by atoms with E-state index in [9.17, 15) is 0 Å². The maximum atomic E-state index is 2.33. The van der Waals surface area contributed by atoms with Crippen molar-refractivity contribution < 1.29 is 0 Å². The molecule has 0 atom stereocenters. The van der Waals surface area contributed by atoms with Gasteiger partial charge in [0.25, 0.3) is 0 Å². The second kappa shape index (κ2) is 3.00. The van der Waals surface area contributed by atoms with E-state index in [2.05, 4.69) is 62.0 Å². The average molecular weight is 211 g/mol. The van der Waals surface area contributed by atoms with Crippen LogP contribution in [0.3, 0.4) is 0 Å². The Hall–Kier alpha value is -1.50. The molecule has 0 N–H and O–H groups in total. The van der Waals surface area contributed by atoms with Crippen LogP contribution in [-0.4, -0.2) is 4.57 Å². The first-order valence-electron chi connectivity index (χ1n) is 5.85. The molecule has 1 heterocycles. The van der Waals surface area contributed by atoms with Gasteiger partial charge in [0.05, 0.1) is 0 Å². The van der Waals surface area contributed by atoms with Crippen molar-refractivity contribution >= 4 is 0 Å². The fraction of sp³-hybridized carbons (Fsp3) is 0.333. The number of aromatic nitrogens is 1. The van der Waals surface area contributed by atoms with Crippen LogP contribution in [0.4, 0.5) is 0 Å². The molecule has 3 rings (SSSR count). The second-order valence-corrected chi connectivity index (χ2v) is 5.61. The molecule has 0 bridgehead atoms. The Bertz CT molecular complexity index is 541. The van der Waals surface area contributed by atoms with Crippen LogP contribution in [-0.2, 0) is 12.0 Å². The number of benzene rings is 1. The Morgan fingerprint density at radius 3 is 2.44 bits per heavy atom. The van der Waals surface area contributed by atoms with Gasteiger partial charge in [0.15, 0.2) is 0 Å². The Labute approximate surface area is 96.7 Å². The van der Waals surface area contributed by atoms with E-state index in [1.54, 1.807) is 0 Å². The van der Waals surface area contributed by atoms with Gasteiger partial charge in [-0.2, -0.15) is 0 Å². The van der Waals surface area contributed by atoms with Crippen LogP contribution in [0.15, 0.2) is 36.7 Å². The molecule has 1 aromatic heterocycles. The van der Waals surface area contributed by atoms with Crippen LogP contribution in [0.2, 0.25) is 0 Å². The maximum Gasteiger partial charge on any atom is 0.0356 e. The van der Waals surface area contributed by atoms with E-state index in [0.29, 0.717) is 0 Å². The summed E-state index contributed by atoms with van der Waals surface area (Å²) in [4.78, 5) is 0. The lowest BCUT2D eigenvalue weighted by Gasteiger charge is -2.21. The van der Waals surface area contributed by atoms with E-state index in [1.807, 2.05) is 0 Å². The summed E-state index contributed by atoms with van der Waals surface area (Å²) in [5.74, 6) is 0. The smallest absolute Gasteiger partial charge is 0.0356 e. The summed E-state index contributed by atoms with van der Waals surface area (Å²) in [6.45, 7) is 6.73. The van der Waals surface area contributed by atoms with Gasteiger partial charge in [-0.25, -0.2) is 0 Å². The minimum atomic E-state index is 0.180. The highest BCUT2D eigenvalue weighted by atomic mass is 15.0. The van der Waals surface area contributed by atoms with Crippen LogP contribution in [0.5, 0.6) is 0 Å². The molecule has 0 saturated carbocycles. The fourth-order valence-electron chi connectivity index (χ4n) is 2.41. The Balaban J connectivity index is 2.15. The van der Waals surface area contributed by atoms with Crippen molar-refractivity contribution in [2.45, 2.75) is 32.7 Å². The fourth-order valence-corrected chi connectivity index (χ4v) is 2.41. The Morgan fingerprint density at radius 2 is 1.69 bits per heavy atom. The number of rotatable bonds is 0. The molecule has 0 unspecified atom stereocenters. The summed E-state index contributed by atoms with van der Waals surface area (Å²) in [6.07, 6.45) is 5.69. The Kier molecular flexibility index (Phi) is 1.82. The van der Waals surface area contributed by atoms with E-state index in [0.717, 1.165) is 6.42 Å². The lowest BCUT2D eigenvalue weighted by Crippen LogP contribution is -2.19. The molecule has 1 nitrogen and oxygen atoms in total. The summed E-state index contributed by atoms with van der Waals surface area (Å²) in [6, 6.07) is 8.72. The third kappa shape index (κ3) is 1.31. The van der Waals surface area contributed by atoms with E-state index >= 15 is 0 Å². The summed E-state index contributed by atoms with van der Waals surface area (Å²) in [5.41, 5.74) is 5.95. The van der Waals surface area contributed by atoms with Crippen molar-refractivity contribution in [2.75, 3.05) is 0 Å². The third-order valence-corrected chi connectivity index (χ3v) is 3.37.